The molecule has 0 amide bonds. The van der Waals surface area contributed by atoms with Crippen LogP contribution in [-0.2, 0) is 0 Å². The highest BCUT2D eigenvalue weighted by Crippen LogP contribution is 2.21. The van der Waals surface area contributed by atoms with Crippen molar-refractivity contribution in [3.05, 3.63) is 33.6 Å². The Labute approximate surface area is 99.0 Å². The predicted molar refractivity (Wildman–Crippen MR) is 63.8 cm³/mol. The molecule has 0 radical (unpaired) electrons. The van der Waals surface area contributed by atoms with Crippen molar-refractivity contribution >= 4 is 50.4 Å². The van der Waals surface area contributed by atoms with Gasteiger partial charge in [0.1, 0.15) is 10.7 Å². The van der Waals surface area contributed by atoms with Gasteiger partial charge in [-0.2, -0.15) is 0 Å². The molecule has 0 spiro atoms. The summed E-state index contributed by atoms with van der Waals surface area (Å²) in [6.07, 6.45) is 3.59. The fraction of sp³-hybridized carbons (Fsp3) is 0. The lowest BCUT2D eigenvalue weighted by Gasteiger charge is -1.96. The Kier molecular flexibility index (Phi) is 2.47. The molecule has 0 saturated heterocycles. The van der Waals surface area contributed by atoms with E-state index in [0.29, 0.717) is 16.4 Å². The van der Waals surface area contributed by atoms with Gasteiger partial charge in [-0.3, -0.25) is 0 Å². The van der Waals surface area contributed by atoms with E-state index in [1.807, 2.05) is 6.20 Å². The fourth-order valence-electron chi connectivity index (χ4n) is 1.14. The zero-order valence-corrected chi connectivity index (χ0v) is 10.0. The van der Waals surface area contributed by atoms with Crippen molar-refractivity contribution in [2.75, 3.05) is 0 Å². The van der Waals surface area contributed by atoms with Crippen LogP contribution in [0.1, 0.15) is 5.69 Å². The van der Waals surface area contributed by atoms with E-state index >= 15 is 0 Å². The molecule has 0 atom stereocenters. The van der Waals surface area contributed by atoms with Crippen LogP contribution in [-0.4, -0.2) is 14.4 Å². The molecule has 0 bridgehead atoms. The number of imidazole rings is 1. The van der Waals surface area contributed by atoms with Gasteiger partial charge in [-0.05, 0) is 22.0 Å². The Bertz CT molecular complexity index is 523. The summed E-state index contributed by atoms with van der Waals surface area (Å²) in [5, 5.41) is 0.557. The summed E-state index contributed by atoms with van der Waals surface area (Å²) in [7, 11) is 0. The van der Waals surface area contributed by atoms with Crippen molar-refractivity contribution in [3.63, 3.8) is 0 Å². The zero-order chi connectivity index (χ0) is 10.3. The topological polar surface area (TPSA) is 43.3 Å². The maximum absolute atomic E-state index is 5.98. The molecule has 3 nitrogen and oxygen atoms in total. The lowest BCUT2D eigenvalue weighted by molar-refractivity contribution is 1.17. The van der Waals surface area contributed by atoms with Crippen LogP contribution in [0.25, 0.3) is 5.65 Å². The lowest BCUT2D eigenvalue weighted by atomic mass is 10.5. The van der Waals surface area contributed by atoms with E-state index in [1.54, 1.807) is 16.7 Å². The first kappa shape index (κ1) is 9.89. The number of hydrogen-bond acceptors (Lipinski definition) is 2. The Morgan fingerprint density at radius 1 is 1.57 bits per heavy atom. The minimum absolute atomic E-state index is 0.265. The van der Waals surface area contributed by atoms with Crippen LogP contribution in [0, 0.1) is 0 Å². The molecule has 6 heteroatoms. The molecule has 0 aliphatic carbocycles. The molecule has 0 saturated carbocycles. The average Bonchev–Trinajstić information content (AvgIpc) is 2.47. The molecule has 0 aliphatic rings. The maximum Gasteiger partial charge on any atom is 0.156 e. The third-order valence-corrected chi connectivity index (χ3v) is 2.65. The van der Waals surface area contributed by atoms with Gasteiger partial charge in [0.05, 0.1) is 5.02 Å². The number of aromatic nitrogens is 2. The molecule has 0 unspecified atom stereocenters. The molecule has 2 heterocycles. The second-order valence-corrected chi connectivity index (χ2v) is 4.49. The van der Waals surface area contributed by atoms with Crippen LogP contribution < -0.4 is 5.73 Å². The van der Waals surface area contributed by atoms with Gasteiger partial charge >= 0.3 is 0 Å². The number of fused-ring (bicyclic) bond motifs is 1. The van der Waals surface area contributed by atoms with Crippen molar-refractivity contribution < 1.29 is 0 Å². The monoisotopic (exact) mass is 289 g/mol. The number of nitrogens with two attached hydrogens (primary N) is 1. The standard InChI is InChI=1S/C8H5BrClN3S/c9-4-1-5(10)8-12-6(7(11)14)3-13(8)2-4/h1-3H,(H2,11,14). The molecule has 0 aliphatic heterocycles. The van der Waals surface area contributed by atoms with Crippen molar-refractivity contribution in [2.45, 2.75) is 0 Å². The molecule has 2 aromatic heterocycles. The van der Waals surface area contributed by atoms with E-state index in [4.69, 9.17) is 29.6 Å². The number of rotatable bonds is 1. The number of thiocarbonyl (C=S) groups is 1. The first-order chi connectivity index (χ1) is 6.58. The SMILES string of the molecule is NC(=S)c1cn2cc(Br)cc(Cl)c2n1. The minimum Gasteiger partial charge on any atom is -0.388 e. The summed E-state index contributed by atoms with van der Waals surface area (Å²) in [6.45, 7) is 0. The van der Waals surface area contributed by atoms with Gasteiger partial charge < -0.3 is 10.1 Å². The number of pyridine rings is 1. The molecule has 0 fully saturated rings. The van der Waals surface area contributed by atoms with Crippen LogP contribution in [0.15, 0.2) is 22.9 Å². The Morgan fingerprint density at radius 3 is 2.93 bits per heavy atom. The van der Waals surface area contributed by atoms with Crippen molar-refractivity contribution in [1.29, 1.82) is 0 Å². The van der Waals surface area contributed by atoms with E-state index in [-0.39, 0.29) is 4.99 Å². The normalized spacial score (nSPS) is 10.7. The van der Waals surface area contributed by atoms with Crippen molar-refractivity contribution in [2.24, 2.45) is 5.73 Å². The van der Waals surface area contributed by atoms with E-state index in [9.17, 15) is 0 Å². The second-order valence-electron chi connectivity index (χ2n) is 2.73. The summed E-state index contributed by atoms with van der Waals surface area (Å²) >= 11 is 14.1. The van der Waals surface area contributed by atoms with Crippen molar-refractivity contribution in [1.82, 2.24) is 9.38 Å². The number of halogens is 2. The van der Waals surface area contributed by atoms with Crippen LogP contribution in [0.4, 0.5) is 0 Å². The van der Waals surface area contributed by atoms with Gasteiger partial charge in [-0.25, -0.2) is 4.98 Å². The summed E-state index contributed by atoms with van der Waals surface area (Å²) in [5.74, 6) is 0. The smallest absolute Gasteiger partial charge is 0.156 e. The zero-order valence-electron chi connectivity index (χ0n) is 6.87. The van der Waals surface area contributed by atoms with Gasteiger partial charge in [0, 0.05) is 16.9 Å². The number of hydrogen-bond donors (Lipinski definition) is 1. The predicted octanol–water partition coefficient (Wildman–Crippen LogP) is 2.38. The lowest BCUT2D eigenvalue weighted by Crippen LogP contribution is -2.09. The van der Waals surface area contributed by atoms with Crippen LogP contribution >= 0.6 is 39.7 Å². The van der Waals surface area contributed by atoms with Crippen LogP contribution in [0.2, 0.25) is 5.02 Å². The van der Waals surface area contributed by atoms with E-state index in [1.165, 1.54) is 0 Å². The summed E-state index contributed by atoms with van der Waals surface area (Å²) < 4.78 is 2.66. The van der Waals surface area contributed by atoms with E-state index < -0.39 is 0 Å². The fourth-order valence-corrected chi connectivity index (χ4v) is 2.08. The number of nitrogens with zero attached hydrogens (tertiary/aromatic N) is 2. The quantitative estimate of drug-likeness (QED) is 0.820. The highest BCUT2D eigenvalue weighted by atomic mass is 79.9. The van der Waals surface area contributed by atoms with Gasteiger partial charge in [0.2, 0.25) is 0 Å². The first-order valence-electron chi connectivity index (χ1n) is 3.71. The molecule has 0 aromatic carbocycles. The third-order valence-electron chi connectivity index (χ3n) is 1.73. The molecule has 2 N–H and O–H groups in total. The summed E-state index contributed by atoms with van der Waals surface area (Å²) in [6, 6.07) is 1.77. The molecule has 72 valence electrons. The van der Waals surface area contributed by atoms with Crippen LogP contribution in [0.3, 0.4) is 0 Å². The highest BCUT2D eigenvalue weighted by molar-refractivity contribution is 9.10. The first-order valence-corrected chi connectivity index (χ1v) is 5.29. The highest BCUT2D eigenvalue weighted by Gasteiger charge is 2.07. The molecular weight excluding hydrogens is 286 g/mol. The summed E-state index contributed by atoms with van der Waals surface area (Å²) in [5.41, 5.74) is 6.69. The minimum atomic E-state index is 0.265. The van der Waals surface area contributed by atoms with Gasteiger partial charge in [0.15, 0.2) is 5.65 Å². The molecular formula is C8H5BrClN3S. The average molecular weight is 291 g/mol. The molecule has 2 rings (SSSR count). The molecule has 2 aromatic rings. The van der Waals surface area contributed by atoms with Gasteiger partial charge in [-0.15, -0.1) is 0 Å². The Morgan fingerprint density at radius 2 is 2.29 bits per heavy atom. The largest absolute Gasteiger partial charge is 0.388 e. The maximum atomic E-state index is 5.98. The van der Waals surface area contributed by atoms with E-state index in [0.717, 1.165) is 4.47 Å². The Balaban J connectivity index is 2.76. The Hall–Kier alpha value is -0.650. The van der Waals surface area contributed by atoms with Crippen molar-refractivity contribution in [3.8, 4) is 0 Å². The second kappa shape index (κ2) is 3.49. The molecule has 14 heavy (non-hydrogen) atoms. The third kappa shape index (κ3) is 1.63. The summed E-state index contributed by atoms with van der Waals surface area (Å²) in [4.78, 5) is 4.46. The van der Waals surface area contributed by atoms with Crippen LogP contribution in [0.5, 0.6) is 0 Å². The van der Waals surface area contributed by atoms with Gasteiger partial charge in [0.25, 0.3) is 0 Å². The van der Waals surface area contributed by atoms with Gasteiger partial charge in [-0.1, -0.05) is 23.8 Å². The van der Waals surface area contributed by atoms with E-state index in [2.05, 4.69) is 20.9 Å².